The van der Waals surface area contributed by atoms with Crippen LogP contribution in [0.15, 0.2) is 41.9 Å². The number of nitrogens with zero attached hydrogens (tertiary/aromatic N) is 3. The normalized spacial score (nSPS) is 18.2. The zero-order valence-electron chi connectivity index (χ0n) is 17.6. The second kappa shape index (κ2) is 9.76. The van der Waals surface area contributed by atoms with Crippen LogP contribution in [0.1, 0.15) is 34.7 Å². The van der Waals surface area contributed by atoms with E-state index in [1.54, 1.807) is 20.0 Å². The highest BCUT2D eigenvalue weighted by Gasteiger charge is 2.28. The number of hydrogen-bond acceptors (Lipinski definition) is 7. The number of carbonyl (C=O) groups excluding carboxylic acids is 1. The van der Waals surface area contributed by atoms with E-state index in [0.717, 1.165) is 17.2 Å². The molecule has 1 aromatic heterocycles. The van der Waals surface area contributed by atoms with Crippen molar-refractivity contribution in [3.63, 3.8) is 0 Å². The van der Waals surface area contributed by atoms with Crippen molar-refractivity contribution in [3.05, 3.63) is 63.9 Å². The molecule has 1 amide bonds. The smallest absolute Gasteiger partial charge is 0.272 e. The number of benzene rings is 1. The number of anilines is 1. The Hall–Kier alpha value is -2.49. The third-order valence-corrected chi connectivity index (χ3v) is 5.81. The van der Waals surface area contributed by atoms with Gasteiger partial charge in [-0.1, -0.05) is 35.9 Å². The van der Waals surface area contributed by atoms with Crippen LogP contribution in [-0.2, 0) is 14.6 Å². The summed E-state index contributed by atoms with van der Waals surface area (Å²) in [5, 5.41) is 4.42. The number of aryl methyl sites for hydroxylation is 1. The maximum atomic E-state index is 12.6. The van der Waals surface area contributed by atoms with Crippen LogP contribution in [0, 0.1) is 6.92 Å². The Morgan fingerprint density at radius 1 is 1.39 bits per heavy atom. The summed E-state index contributed by atoms with van der Waals surface area (Å²) in [4.78, 5) is 23.6. The molecule has 8 nitrogen and oxygen atoms in total. The fourth-order valence-corrected chi connectivity index (χ4v) is 4.08. The molecule has 1 fully saturated rings. The van der Waals surface area contributed by atoms with Gasteiger partial charge in [0.1, 0.15) is 11.5 Å². The molecule has 1 aliphatic rings. The maximum Gasteiger partial charge on any atom is 0.272 e. The molecule has 31 heavy (non-hydrogen) atoms. The highest BCUT2D eigenvalue weighted by atomic mass is 35.5. The van der Waals surface area contributed by atoms with Crippen molar-refractivity contribution in [2.45, 2.75) is 25.9 Å². The minimum atomic E-state index is -3.26. The van der Waals surface area contributed by atoms with Crippen LogP contribution in [0.4, 0.5) is 5.82 Å². The van der Waals surface area contributed by atoms with Gasteiger partial charge in [0.15, 0.2) is 9.84 Å². The number of aromatic nitrogens is 2. The van der Waals surface area contributed by atoms with Crippen molar-refractivity contribution in [1.82, 2.24) is 15.3 Å². The van der Waals surface area contributed by atoms with Crippen LogP contribution in [0.3, 0.4) is 0 Å². The summed E-state index contributed by atoms with van der Waals surface area (Å²) < 4.78 is 28.1. The second-order valence-corrected chi connectivity index (χ2v) is 9.73. The standard InChI is InChI=1S/C21H25ClN4O4S/c1-14(8-11-31(3,28)29)24-21(27)20-15(2)25-19(12-23-20)26-9-10-30-13-18(26)16-6-4-5-7-17(16)22/h4-8,11-12,14,18H,9-10,13H2,1-3H3,(H,24,27)/b11-8+/t14-,18+/m1/s1. The number of halogens is 1. The number of amides is 1. The first-order valence-corrected chi connectivity index (χ1v) is 12.1. The largest absolute Gasteiger partial charge is 0.377 e. The van der Waals surface area contributed by atoms with Gasteiger partial charge in [0.2, 0.25) is 0 Å². The number of morpholine rings is 1. The van der Waals surface area contributed by atoms with Crippen LogP contribution >= 0.6 is 11.6 Å². The Morgan fingerprint density at radius 2 is 2.13 bits per heavy atom. The van der Waals surface area contributed by atoms with Gasteiger partial charge in [-0.3, -0.25) is 4.79 Å². The van der Waals surface area contributed by atoms with Gasteiger partial charge in [-0.15, -0.1) is 0 Å². The van der Waals surface area contributed by atoms with Crippen molar-refractivity contribution in [3.8, 4) is 0 Å². The Labute approximate surface area is 187 Å². The number of rotatable bonds is 6. The minimum Gasteiger partial charge on any atom is -0.377 e. The topological polar surface area (TPSA) is 101 Å². The summed E-state index contributed by atoms with van der Waals surface area (Å²) in [6, 6.07) is 7.01. The zero-order chi connectivity index (χ0) is 22.6. The highest BCUT2D eigenvalue weighted by Crippen LogP contribution is 2.32. The number of ether oxygens (including phenoxy) is 1. The van der Waals surface area contributed by atoms with E-state index in [9.17, 15) is 13.2 Å². The monoisotopic (exact) mass is 464 g/mol. The van der Waals surface area contributed by atoms with E-state index in [1.807, 2.05) is 24.3 Å². The van der Waals surface area contributed by atoms with Crippen LogP contribution in [0.5, 0.6) is 0 Å². The first kappa shape index (κ1) is 23.2. The van der Waals surface area contributed by atoms with Crippen LogP contribution in [-0.4, -0.2) is 56.3 Å². The highest BCUT2D eigenvalue weighted by molar-refractivity contribution is 7.93. The molecule has 0 unspecified atom stereocenters. The molecular weight excluding hydrogens is 440 g/mol. The van der Waals surface area contributed by atoms with E-state index in [1.165, 1.54) is 6.08 Å². The van der Waals surface area contributed by atoms with E-state index in [-0.39, 0.29) is 11.7 Å². The molecule has 1 saturated heterocycles. The second-order valence-electron chi connectivity index (χ2n) is 7.39. The van der Waals surface area contributed by atoms with Gasteiger partial charge in [-0.2, -0.15) is 0 Å². The lowest BCUT2D eigenvalue weighted by molar-refractivity contribution is 0.0929. The Morgan fingerprint density at radius 3 is 2.81 bits per heavy atom. The molecule has 3 rings (SSSR count). The molecule has 0 aliphatic carbocycles. The lowest BCUT2D eigenvalue weighted by Gasteiger charge is -2.37. The van der Waals surface area contributed by atoms with Crippen molar-refractivity contribution in [1.29, 1.82) is 0 Å². The number of carbonyl (C=O) groups is 1. The fourth-order valence-electron chi connectivity index (χ4n) is 3.30. The SMILES string of the molecule is Cc1nc(N2CCOC[C@H]2c2ccccc2Cl)cnc1C(=O)N[C@H](C)/C=C/S(C)(=O)=O. The quantitative estimate of drug-likeness (QED) is 0.701. The first-order valence-electron chi connectivity index (χ1n) is 9.77. The number of nitrogens with one attached hydrogen (secondary N) is 1. The molecule has 2 aromatic rings. The maximum absolute atomic E-state index is 12.6. The summed E-state index contributed by atoms with van der Waals surface area (Å²) in [6.45, 7) is 5.03. The lowest BCUT2D eigenvalue weighted by atomic mass is 10.0. The van der Waals surface area contributed by atoms with E-state index in [4.69, 9.17) is 16.3 Å². The average molecular weight is 465 g/mol. The summed E-state index contributed by atoms with van der Waals surface area (Å²) in [7, 11) is -3.26. The molecule has 1 N–H and O–H groups in total. The van der Waals surface area contributed by atoms with Crippen molar-refractivity contribution >= 4 is 33.2 Å². The first-order chi connectivity index (χ1) is 14.7. The predicted octanol–water partition coefficient (Wildman–Crippen LogP) is 2.69. The summed E-state index contributed by atoms with van der Waals surface area (Å²) in [5.41, 5.74) is 1.60. The van der Waals surface area contributed by atoms with Crippen molar-refractivity contribution in [2.75, 3.05) is 30.9 Å². The summed E-state index contributed by atoms with van der Waals surface area (Å²) in [6.07, 6.45) is 4.06. The molecule has 0 bridgehead atoms. The molecular formula is C21H25ClN4O4S. The summed E-state index contributed by atoms with van der Waals surface area (Å²) >= 11 is 6.40. The molecule has 2 heterocycles. The number of sulfone groups is 1. The molecule has 1 aliphatic heterocycles. The van der Waals surface area contributed by atoms with Crippen LogP contribution in [0.25, 0.3) is 0 Å². The third kappa shape index (κ3) is 6.03. The third-order valence-electron chi connectivity index (χ3n) is 4.81. The molecule has 0 radical (unpaired) electrons. The zero-order valence-corrected chi connectivity index (χ0v) is 19.2. The molecule has 10 heteroatoms. The van der Waals surface area contributed by atoms with Crippen LogP contribution < -0.4 is 10.2 Å². The molecule has 0 spiro atoms. The van der Waals surface area contributed by atoms with Crippen LogP contribution in [0.2, 0.25) is 5.02 Å². The van der Waals surface area contributed by atoms with E-state index in [2.05, 4.69) is 20.2 Å². The van der Waals surface area contributed by atoms with E-state index in [0.29, 0.717) is 36.3 Å². The van der Waals surface area contributed by atoms with Gasteiger partial charge in [-0.25, -0.2) is 18.4 Å². The molecule has 2 atom stereocenters. The average Bonchev–Trinajstić information content (AvgIpc) is 2.72. The van der Waals surface area contributed by atoms with Gasteiger partial charge >= 0.3 is 0 Å². The molecule has 166 valence electrons. The molecule has 1 aromatic carbocycles. The Kier molecular flexibility index (Phi) is 7.30. The van der Waals surface area contributed by atoms with Crippen molar-refractivity contribution < 1.29 is 17.9 Å². The minimum absolute atomic E-state index is 0.114. The fraction of sp³-hybridized carbons (Fsp3) is 0.381. The number of hydrogen-bond donors (Lipinski definition) is 1. The predicted molar refractivity (Wildman–Crippen MR) is 120 cm³/mol. The van der Waals surface area contributed by atoms with Gasteiger partial charge in [0.05, 0.1) is 31.1 Å². The summed E-state index contributed by atoms with van der Waals surface area (Å²) in [5.74, 6) is 0.208. The van der Waals surface area contributed by atoms with Gasteiger partial charge < -0.3 is 15.0 Å². The van der Waals surface area contributed by atoms with Gasteiger partial charge in [0.25, 0.3) is 5.91 Å². The Balaban J connectivity index is 1.80. The van der Waals surface area contributed by atoms with E-state index >= 15 is 0 Å². The van der Waals surface area contributed by atoms with Gasteiger partial charge in [0, 0.05) is 29.3 Å². The van der Waals surface area contributed by atoms with E-state index < -0.39 is 21.8 Å². The van der Waals surface area contributed by atoms with Gasteiger partial charge in [-0.05, 0) is 25.5 Å². The van der Waals surface area contributed by atoms with Crippen molar-refractivity contribution in [2.24, 2.45) is 0 Å². The lowest BCUT2D eigenvalue weighted by Crippen LogP contribution is -2.40. The molecule has 0 saturated carbocycles. The Bertz CT molecular complexity index is 1090.